The Kier molecular flexibility index (Phi) is 7.52. The van der Waals surface area contributed by atoms with Crippen molar-refractivity contribution in [3.05, 3.63) is 217 Å². The molecule has 10 aromatic rings. The summed E-state index contributed by atoms with van der Waals surface area (Å²) in [7, 11) is 0. The zero-order valence-electron chi connectivity index (χ0n) is 30.5. The number of aliphatic imine (C=N–C) groups is 1. The molecule has 0 amide bonds. The molecule has 0 fully saturated rings. The van der Waals surface area contributed by atoms with Crippen LogP contribution >= 0.6 is 0 Å². The third-order valence-corrected chi connectivity index (χ3v) is 11.2. The molecule has 56 heavy (non-hydrogen) atoms. The maximum absolute atomic E-state index is 5.33. The van der Waals surface area contributed by atoms with Crippen molar-refractivity contribution in [3.8, 4) is 27.9 Å². The van der Waals surface area contributed by atoms with E-state index in [1.165, 1.54) is 60.5 Å². The summed E-state index contributed by atoms with van der Waals surface area (Å²) in [5.74, 6) is 0.906. The Morgan fingerprint density at radius 2 is 0.839 bits per heavy atom. The first kappa shape index (κ1) is 32.0. The fourth-order valence-corrected chi connectivity index (χ4v) is 8.48. The van der Waals surface area contributed by atoms with Gasteiger partial charge in [0, 0.05) is 39.0 Å². The van der Waals surface area contributed by atoms with Crippen molar-refractivity contribution in [3.63, 3.8) is 0 Å². The van der Waals surface area contributed by atoms with Gasteiger partial charge in [-0.1, -0.05) is 152 Å². The van der Waals surface area contributed by atoms with Crippen molar-refractivity contribution in [1.82, 2.24) is 14.5 Å². The molecule has 0 saturated carbocycles. The van der Waals surface area contributed by atoms with Crippen molar-refractivity contribution in [2.45, 2.75) is 6.17 Å². The van der Waals surface area contributed by atoms with Gasteiger partial charge in [0.15, 0.2) is 0 Å². The summed E-state index contributed by atoms with van der Waals surface area (Å²) in [5, 5.41) is 8.63. The van der Waals surface area contributed by atoms with E-state index in [1.54, 1.807) is 0 Å². The van der Waals surface area contributed by atoms with Crippen LogP contribution in [-0.4, -0.2) is 15.0 Å². The minimum absolute atomic E-state index is 0.219. The van der Waals surface area contributed by atoms with Crippen LogP contribution in [0.15, 0.2) is 211 Å². The number of allylic oxidation sites excluding steroid dienone is 1. The molecule has 1 aliphatic heterocycles. The zero-order valence-corrected chi connectivity index (χ0v) is 30.5. The summed E-state index contributed by atoms with van der Waals surface area (Å²) in [6, 6.07) is 71.7. The lowest BCUT2D eigenvalue weighted by molar-refractivity contribution is 0.660. The van der Waals surface area contributed by atoms with Gasteiger partial charge in [0.1, 0.15) is 12.0 Å². The molecule has 0 aliphatic carbocycles. The molecule has 3 heterocycles. The van der Waals surface area contributed by atoms with E-state index in [2.05, 4.69) is 221 Å². The predicted molar refractivity (Wildman–Crippen MR) is 234 cm³/mol. The van der Waals surface area contributed by atoms with E-state index >= 15 is 0 Å². The van der Waals surface area contributed by atoms with Gasteiger partial charge >= 0.3 is 0 Å². The largest absolute Gasteiger partial charge is 0.359 e. The second-order valence-corrected chi connectivity index (χ2v) is 14.5. The molecule has 4 heteroatoms. The number of fused-ring (bicyclic) bond motifs is 6. The lowest BCUT2D eigenvalue weighted by Crippen LogP contribution is -2.27. The fourth-order valence-electron chi connectivity index (χ4n) is 8.48. The minimum atomic E-state index is -0.219. The Bertz CT molecular complexity index is 3130. The van der Waals surface area contributed by atoms with Gasteiger partial charge in [-0.15, -0.1) is 0 Å². The number of para-hydroxylation sites is 3. The Morgan fingerprint density at radius 3 is 1.45 bits per heavy atom. The molecule has 8 aromatic carbocycles. The highest BCUT2D eigenvalue weighted by Crippen LogP contribution is 2.37. The van der Waals surface area contributed by atoms with Crippen molar-refractivity contribution in [2.24, 2.45) is 4.99 Å². The lowest BCUT2D eigenvalue weighted by Gasteiger charge is -2.25. The number of nitrogens with zero attached hydrogens (tertiary/aromatic N) is 3. The highest BCUT2D eigenvalue weighted by atomic mass is 15.2. The number of nitrogens with one attached hydrogen (secondary N) is 1. The van der Waals surface area contributed by atoms with Gasteiger partial charge in [-0.3, -0.25) is 4.57 Å². The van der Waals surface area contributed by atoms with Crippen molar-refractivity contribution in [1.29, 1.82) is 0 Å². The van der Waals surface area contributed by atoms with Crippen molar-refractivity contribution >= 4 is 55.1 Å². The first-order chi connectivity index (χ1) is 27.8. The van der Waals surface area contributed by atoms with E-state index in [-0.39, 0.29) is 6.17 Å². The Morgan fingerprint density at radius 1 is 0.375 bits per heavy atom. The Labute approximate surface area is 324 Å². The number of hydrogen-bond acceptors (Lipinski definition) is 2. The second kappa shape index (κ2) is 13.2. The molecule has 1 aliphatic rings. The summed E-state index contributed by atoms with van der Waals surface area (Å²) in [6.07, 6.45) is 1.97. The van der Waals surface area contributed by atoms with Crippen LogP contribution in [0.25, 0.3) is 77.2 Å². The smallest absolute Gasteiger partial charge is 0.147 e. The van der Waals surface area contributed by atoms with E-state index in [9.17, 15) is 0 Å². The number of benzene rings is 8. The molecular weight excluding hydrogens is 681 g/mol. The predicted octanol–water partition coefficient (Wildman–Crippen LogP) is 12.8. The van der Waals surface area contributed by atoms with Crippen LogP contribution in [0.4, 0.5) is 0 Å². The van der Waals surface area contributed by atoms with Crippen LogP contribution in [0.5, 0.6) is 0 Å². The standard InChI is InChI=1S/C52H36N4/c1-4-14-37(15-5-1)46-34-51(54-52(53-46)38-16-6-2-7-17-38)56-48-23-13-11-21-43(48)45-33-40(29-31-50(45)56)36-26-24-35(25-27-36)39-28-30-49-44(32-39)42-20-10-12-22-47(42)55(49)41-18-8-3-9-19-41/h1-34,52-53H. The third-order valence-electron chi connectivity index (χ3n) is 11.2. The van der Waals surface area contributed by atoms with Gasteiger partial charge in [0.05, 0.1) is 22.1 Å². The molecule has 4 nitrogen and oxygen atoms in total. The highest BCUT2D eigenvalue weighted by Gasteiger charge is 2.22. The average molecular weight is 717 g/mol. The van der Waals surface area contributed by atoms with E-state index in [4.69, 9.17) is 4.99 Å². The molecular formula is C52H36N4. The van der Waals surface area contributed by atoms with Crippen LogP contribution in [0.3, 0.4) is 0 Å². The van der Waals surface area contributed by atoms with Gasteiger partial charge in [0.2, 0.25) is 0 Å². The Balaban J connectivity index is 0.986. The topological polar surface area (TPSA) is 34.2 Å². The molecule has 0 bridgehead atoms. The van der Waals surface area contributed by atoms with E-state index in [0.717, 1.165) is 33.7 Å². The van der Waals surface area contributed by atoms with Gasteiger partial charge in [0.25, 0.3) is 0 Å². The number of hydrogen-bond donors (Lipinski definition) is 1. The second-order valence-electron chi connectivity index (χ2n) is 14.5. The van der Waals surface area contributed by atoms with Crippen LogP contribution in [0.2, 0.25) is 0 Å². The van der Waals surface area contributed by atoms with Crippen LogP contribution in [0.1, 0.15) is 17.3 Å². The minimum Gasteiger partial charge on any atom is -0.359 e. The summed E-state index contributed by atoms with van der Waals surface area (Å²) in [6.45, 7) is 0. The molecule has 0 spiro atoms. The van der Waals surface area contributed by atoms with Crippen LogP contribution in [-0.2, 0) is 0 Å². The molecule has 2 aromatic heterocycles. The Hall–Kier alpha value is -7.43. The summed E-state index contributed by atoms with van der Waals surface area (Å²) < 4.78 is 4.69. The molecule has 1 atom stereocenters. The molecule has 264 valence electrons. The molecule has 0 radical (unpaired) electrons. The summed E-state index contributed by atoms with van der Waals surface area (Å²) in [4.78, 5) is 5.33. The third kappa shape index (κ3) is 5.34. The highest BCUT2D eigenvalue weighted by molar-refractivity contribution is 6.18. The molecule has 11 rings (SSSR count). The van der Waals surface area contributed by atoms with Crippen molar-refractivity contribution in [2.75, 3.05) is 0 Å². The van der Waals surface area contributed by atoms with Gasteiger partial charge in [-0.25, -0.2) is 4.99 Å². The normalized spacial score (nSPS) is 14.2. The number of rotatable bonds is 5. The first-order valence-electron chi connectivity index (χ1n) is 19.2. The van der Waals surface area contributed by atoms with E-state index in [0.29, 0.717) is 0 Å². The van der Waals surface area contributed by atoms with E-state index < -0.39 is 0 Å². The number of aromatic nitrogens is 2. The fraction of sp³-hybridized carbons (Fsp3) is 0.0192. The van der Waals surface area contributed by atoms with Gasteiger partial charge in [-0.2, -0.15) is 0 Å². The molecule has 1 N–H and O–H groups in total. The molecule has 0 saturated heterocycles. The van der Waals surface area contributed by atoms with Crippen LogP contribution in [0, 0.1) is 0 Å². The van der Waals surface area contributed by atoms with Gasteiger partial charge < -0.3 is 9.88 Å². The first-order valence-corrected chi connectivity index (χ1v) is 19.2. The lowest BCUT2D eigenvalue weighted by atomic mass is 9.98. The van der Waals surface area contributed by atoms with Crippen molar-refractivity contribution < 1.29 is 0 Å². The van der Waals surface area contributed by atoms with Gasteiger partial charge in [-0.05, 0) is 81.9 Å². The summed E-state index contributed by atoms with van der Waals surface area (Å²) >= 11 is 0. The maximum atomic E-state index is 5.33. The average Bonchev–Trinajstić information content (AvgIpc) is 3.79. The monoisotopic (exact) mass is 716 g/mol. The molecule has 1 unspecified atom stereocenters. The SMILES string of the molecule is C1=C(c2ccccc2)NC(c2ccccc2)N=C1n1c2ccccc2c2cc(-c3ccc(-c4ccc5c(c4)c4ccccc4n5-c4ccccc4)cc3)ccc21. The quantitative estimate of drug-likeness (QED) is 0.189. The maximum Gasteiger partial charge on any atom is 0.147 e. The van der Waals surface area contributed by atoms with Crippen LogP contribution < -0.4 is 5.32 Å². The summed E-state index contributed by atoms with van der Waals surface area (Å²) in [5.41, 5.74) is 13.9. The zero-order chi connectivity index (χ0) is 37.0. The van der Waals surface area contributed by atoms with E-state index in [1.807, 2.05) is 0 Å².